The fourth-order valence-corrected chi connectivity index (χ4v) is 3.87. The molecule has 2 aromatic rings. The number of amides is 2. The highest BCUT2D eigenvalue weighted by molar-refractivity contribution is 5.85. The molecule has 3 rings (SSSR count). The highest BCUT2D eigenvalue weighted by Crippen LogP contribution is 2.36. The highest BCUT2D eigenvalue weighted by Gasteiger charge is 2.39. The smallest absolute Gasteiger partial charge is 0.225 e. The van der Waals surface area contributed by atoms with Crippen molar-refractivity contribution in [2.75, 3.05) is 26.8 Å². The molecule has 2 aromatic carbocycles. The van der Waals surface area contributed by atoms with E-state index in [0.717, 1.165) is 5.56 Å². The Hall–Kier alpha value is -3.02. The molecule has 1 aliphatic rings. The fourth-order valence-electron chi connectivity index (χ4n) is 3.87. The van der Waals surface area contributed by atoms with Gasteiger partial charge in [0.05, 0.1) is 25.6 Å². The van der Waals surface area contributed by atoms with Crippen molar-refractivity contribution in [1.29, 1.82) is 0 Å². The predicted octanol–water partition coefficient (Wildman–Crippen LogP) is 3.19. The number of rotatable bonds is 8. The van der Waals surface area contributed by atoms with Crippen molar-refractivity contribution >= 4 is 11.8 Å². The Kier molecular flexibility index (Phi) is 7.11. The van der Waals surface area contributed by atoms with Crippen molar-refractivity contribution in [3.05, 3.63) is 60.2 Å². The van der Waals surface area contributed by atoms with Gasteiger partial charge in [0.25, 0.3) is 0 Å². The third-order valence-corrected chi connectivity index (χ3v) is 5.25. The quantitative estimate of drug-likeness (QED) is 0.696. The van der Waals surface area contributed by atoms with Gasteiger partial charge in [-0.2, -0.15) is 0 Å². The zero-order valence-corrected chi connectivity index (χ0v) is 17.0. The van der Waals surface area contributed by atoms with Crippen LogP contribution in [0.5, 0.6) is 11.5 Å². The number of carbonyl (C=O) groups is 2. The second-order valence-corrected chi connectivity index (χ2v) is 6.97. The number of nitrogens with zero attached hydrogens (tertiary/aromatic N) is 1. The number of nitrogens with one attached hydrogen (secondary N) is 1. The lowest BCUT2D eigenvalue weighted by Crippen LogP contribution is -2.48. The number of hydrogen-bond donors (Lipinski definition) is 1. The van der Waals surface area contributed by atoms with Gasteiger partial charge in [0.15, 0.2) is 11.5 Å². The van der Waals surface area contributed by atoms with Gasteiger partial charge in [0.2, 0.25) is 11.8 Å². The van der Waals surface area contributed by atoms with Gasteiger partial charge in [0.1, 0.15) is 6.61 Å². The standard InChI is InChI=1S/C23H28N2O4/c1-3-25-21(26)14-13-18(22(25)17-9-5-4-6-10-17)23(27)24-15-16-29-20-12-8-7-11-19(20)28-2/h4-12,18,22H,3,13-16H2,1-2H3,(H,24,27)/t18-,22+/m1/s1. The summed E-state index contributed by atoms with van der Waals surface area (Å²) in [5.41, 5.74) is 0.993. The van der Waals surface area contributed by atoms with Gasteiger partial charge in [-0.15, -0.1) is 0 Å². The summed E-state index contributed by atoms with van der Waals surface area (Å²) in [6.45, 7) is 3.26. The van der Waals surface area contributed by atoms with Gasteiger partial charge in [-0.3, -0.25) is 9.59 Å². The first-order chi connectivity index (χ1) is 14.2. The number of carbonyl (C=O) groups excluding carboxylic acids is 2. The molecule has 1 fully saturated rings. The zero-order chi connectivity index (χ0) is 20.6. The van der Waals surface area contributed by atoms with Gasteiger partial charge >= 0.3 is 0 Å². The first-order valence-electron chi connectivity index (χ1n) is 10.0. The number of piperidine rings is 1. The molecule has 0 unspecified atom stereocenters. The number of methoxy groups -OCH3 is 1. The topological polar surface area (TPSA) is 67.9 Å². The van der Waals surface area contributed by atoms with Gasteiger partial charge in [-0.25, -0.2) is 0 Å². The van der Waals surface area contributed by atoms with E-state index in [4.69, 9.17) is 9.47 Å². The monoisotopic (exact) mass is 396 g/mol. The first-order valence-corrected chi connectivity index (χ1v) is 10.0. The maximum Gasteiger partial charge on any atom is 0.225 e. The van der Waals surface area contributed by atoms with E-state index in [2.05, 4.69) is 5.32 Å². The van der Waals surface area contributed by atoms with E-state index in [-0.39, 0.29) is 23.8 Å². The van der Waals surface area contributed by atoms with Crippen molar-refractivity contribution in [3.8, 4) is 11.5 Å². The summed E-state index contributed by atoms with van der Waals surface area (Å²) in [5, 5.41) is 2.98. The lowest BCUT2D eigenvalue weighted by atomic mass is 9.83. The predicted molar refractivity (Wildman–Crippen MR) is 111 cm³/mol. The molecule has 2 atom stereocenters. The Balaban J connectivity index is 1.63. The number of likely N-dealkylation sites (tertiary alicyclic amines) is 1. The highest BCUT2D eigenvalue weighted by atomic mass is 16.5. The maximum atomic E-state index is 13.0. The minimum atomic E-state index is -0.277. The Morgan fingerprint density at radius 3 is 2.48 bits per heavy atom. The molecule has 29 heavy (non-hydrogen) atoms. The van der Waals surface area contributed by atoms with Crippen LogP contribution in [0.4, 0.5) is 0 Å². The molecular formula is C23H28N2O4. The molecule has 6 nitrogen and oxygen atoms in total. The van der Waals surface area contributed by atoms with Gasteiger partial charge in [-0.1, -0.05) is 42.5 Å². The first kappa shape index (κ1) is 20.7. The summed E-state index contributed by atoms with van der Waals surface area (Å²) < 4.78 is 11.0. The van der Waals surface area contributed by atoms with E-state index >= 15 is 0 Å². The lowest BCUT2D eigenvalue weighted by molar-refractivity contribution is -0.143. The summed E-state index contributed by atoms with van der Waals surface area (Å²) in [6, 6.07) is 17.0. The van der Waals surface area contributed by atoms with Crippen molar-refractivity contribution < 1.29 is 19.1 Å². The molecular weight excluding hydrogens is 368 g/mol. The molecule has 0 aliphatic carbocycles. The van der Waals surface area contributed by atoms with Crippen LogP contribution < -0.4 is 14.8 Å². The molecule has 154 valence electrons. The summed E-state index contributed by atoms with van der Waals surface area (Å²) >= 11 is 0. The summed E-state index contributed by atoms with van der Waals surface area (Å²) in [4.78, 5) is 27.2. The molecule has 1 saturated heterocycles. The van der Waals surface area contributed by atoms with Crippen LogP contribution in [-0.2, 0) is 9.59 Å². The van der Waals surface area contributed by atoms with Gasteiger partial charge < -0.3 is 19.7 Å². The van der Waals surface area contributed by atoms with Crippen LogP contribution in [0.3, 0.4) is 0 Å². The van der Waals surface area contributed by atoms with Gasteiger partial charge in [-0.05, 0) is 31.0 Å². The van der Waals surface area contributed by atoms with Crippen molar-refractivity contribution in [1.82, 2.24) is 10.2 Å². The van der Waals surface area contributed by atoms with Crippen LogP contribution in [0.2, 0.25) is 0 Å². The Labute approximate surface area is 171 Å². The van der Waals surface area contributed by atoms with Crippen LogP contribution >= 0.6 is 0 Å². The van der Waals surface area contributed by atoms with E-state index in [9.17, 15) is 9.59 Å². The minimum Gasteiger partial charge on any atom is -0.493 e. The van der Waals surface area contributed by atoms with Crippen LogP contribution in [-0.4, -0.2) is 43.5 Å². The number of benzene rings is 2. The second-order valence-electron chi connectivity index (χ2n) is 6.97. The van der Waals surface area contributed by atoms with Crippen molar-refractivity contribution in [3.63, 3.8) is 0 Å². The fraction of sp³-hybridized carbons (Fsp3) is 0.391. The number of ether oxygens (including phenoxy) is 2. The number of para-hydroxylation sites is 2. The Morgan fingerprint density at radius 2 is 1.79 bits per heavy atom. The molecule has 1 aliphatic heterocycles. The average Bonchev–Trinajstić information content (AvgIpc) is 2.77. The summed E-state index contributed by atoms with van der Waals surface area (Å²) in [5.74, 6) is 1.08. The molecule has 0 radical (unpaired) electrons. The summed E-state index contributed by atoms with van der Waals surface area (Å²) in [6.07, 6.45) is 0.946. The van der Waals surface area contributed by atoms with E-state index in [1.54, 1.807) is 7.11 Å². The molecule has 0 bridgehead atoms. The third kappa shape index (κ3) is 4.88. The number of hydrogen-bond acceptors (Lipinski definition) is 4. The molecule has 1 heterocycles. The van der Waals surface area contributed by atoms with Crippen LogP contribution in [0, 0.1) is 5.92 Å². The van der Waals surface area contributed by atoms with E-state index < -0.39 is 0 Å². The largest absolute Gasteiger partial charge is 0.493 e. The van der Waals surface area contributed by atoms with Crippen LogP contribution in [0.15, 0.2) is 54.6 Å². The van der Waals surface area contributed by atoms with E-state index in [1.807, 2.05) is 66.4 Å². The minimum absolute atomic E-state index is 0.0478. The Morgan fingerprint density at radius 1 is 1.10 bits per heavy atom. The zero-order valence-electron chi connectivity index (χ0n) is 17.0. The van der Waals surface area contributed by atoms with E-state index in [1.165, 1.54) is 0 Å². The van der Waals surface area contributed by atoms with Crippen LogP contribution in [0.25, 0.3) is 0 Å². The molecule has 0 spiro atoms. The average molecular weight is 396 g/mol. The molecule has 2 amide bonds. The van der Waals surface area contributed by atoms with Gasteiger partial charge in [0, 0.05) is 13.0 Å². The SMILES string of the molecule is CCN1C(=O)CC[C@@H](C(=O)NCCOc2ccccc2OC)[C@@H]1c1ccccc1. The van der Waals surface area contributed by atoms with Crippen LogP contribution in [0.1, 0.15) is 31.4 Å². The van der Waals surface area contributed by atoms with Crippen molar-refractivity contribution in [2.24, 2.45) is 5.92 Å². The molecule has 1 N–H and O–H groups in total. The van der Waals surface area contributed by atoms with E-state index in [0.29, 0.717) is 44.0 Å². The molecule has 0 aromatic heterocycles. The third-order valence-electron chi connectivity index (χ3n) is 5.25. The normalized spacial score (nSPS) is 19.0. The second kappa shape index (κ2) is 9.96. The molecule has 6 heteroatoms. The molecule has 0 saturated carbocycles. The lowest BCUT2D eigenvalue weighted by Gasteiger charge is -2.40. The summed E-state index contributed by atoms with van der Waals surface area (Å²) in [7, 11) is 1.59. The maximum absolute atomic E-state index is 13.0. The Bertz CT molecular complexity index is 825. The van der Waals surface area contributed by atoms with Crippen molar-refractivity contribution in [2.45, 2.75) is 25.8 Å².